The van der Waals surface area contributed by atoms with E-state index < -0.39 is 6.04 Å². The van der Waals surface area contributed by atoms with Crippen molar-refractivity contribution < 1.29 is 14.3 Å². The molecule has 0 fully saturated rings. The minimum atomic E-state index is -0.617. The van der Waals surface area contributed by atoms with E-state index in [-0.39, 0.29) is 18.4 Å². The lowest BCUT2D eigenvalue weighted by Gasteiger charge is -2.28. The molecule has 0 aliphatic carbocycles. The van der Waals surface area contributed by atoms with Crippen LogP contribution in [0.2, 0.25) is 5.02 Å². The zero-order valence-corrected chi connectivity index (χ0v) is 16.6. The van der Waals surface area contributed by atoms with Crippen LogP contribution in [0.15, 0.2) is 48.5 Å². The van der Waals surface area contributed by atoms with Crippen molar-refractivity contribution in [3.05, 3.63) is 64.7 Å². The number of hydrogen-bond acceptors (Lipinski definition) is 3. The van der Waals surface area contributed by atoms with Crippen LogP contribution in [-0.4, -0.2) is 35.9 Å². The van der Waals surface area contributed by atoms with Crippen molar-refractivity contribution >= 4 is 23.4 Å². The van der Waals surface area contributed by atoms with Gasteiger partial charge in [-0.1, -0.05) is 41.9 Å². The summed E-state index contributed by atoms with van der Waals surface area (Å²) >= 11 is 5.93. The second-order valence-electron chi connectivity index (χ2n) is 6.27. The lowest BCUT2D eigenvalue weighted by Crippen LogP contribution is -2.49. The van der Waals surface area contributed by atoms with E-state index in [2.05, 4.69) is 5.32 Å². The molecule has 1 atom stereocenters. The van der Waals surface area contributed by atoms with Crippen LogP contribution in [0.5, 0.6) is 5.75 Å². The number of benzene rings is 2. The summed E-state index contributed by atoms with van der Waals surface area (Å²) in [4.78, 5) is 26.7. The number of carbonyl (C=O) groups excluding carboxylic acids is 2. The fourth-order valence-electron chi connectivity index (χ4n) is 2.63. The number of nitrogens with zero attached hydrogens (tertiary/aromatic N) is 1. The van der Waals surface area contributed by atoms with Gasteiger partial charge in [0.05, 0.1) is 0 Å². The first-order chi connectivity index (χ1) is 12.9. The molecule has 0 spiro atoms. The predicted octanol–water partition coefficient (Wildman–Crippen LogP) is 3.58. The molecule has 0 heterocycles. The number of rotatable bonds is 8. The van der Waals surface area contributed by atoms with E-state index >= 15 is 0 Å². The monoisotopic (exact) mass is 388 g/mol. The normalized spacial score (nSPS) is 11.6. The maximum Gasteiger partial charge on any atom is 0.261 e. The first-order valence-corrected chi connectivity index (χ1v) is 9.30. The van der Waals surface area contributed by atoms with E-state index in [0.717, 1.165) is 11.1 Å². The zero-order chi connectivity index (χ0) is 19.8. The molecule has 0 aromatic heterocycles. The molecule has 27 heavy (non-hydrogen) atoms. The lowest BCUT2D eigenvalue weighted by molar-refractivity contribution is -0.142. The van der Waals surface area contributed by atoms with Gasteiger partial charge in [-0.15, -0.1) is 0 Å². The third-order valence-corrected chi connectivity index (χ3v) is 4.48. The van der Waals surface area contributed by atoms with E-state index in [4.69, 9.17) is 16.3 Å². The summed E-state index contributed by atoms with van der Waals surface area (Å²) in [5.74, 6) is 0.200. The van der Waals surface area contributed by atoms with Crippen LogP contribution in [0.4, 0.5) is 0 Å². The third kappa shape index (κ3) is 6.00. The standard InChI is InChI=1S/C21H25ClN2O3/c1-4-23-21(26)16(3)24(13-17-9-11-18(22)12-10-17)20(25)14-27-19-8-6-5-7-15(19)2/h5-12,16H,4,13-14H2,1-3H3,(H,23,26). The highest BCUT2D eigenvalue weighted by Gasteiger charge is 2.26. The van der Waals surface area contributed by atoms with Gasteiger partial charge >= 0.3 is 0 Å². The SMILES string of the molecule is CCNC(=O)C(C)N(Cc1ccc(Cl)cc1)C(=O)COc1ccccc1C. The second-order valence-corrected chi connectivity index (χ2v) is 6.71. The smallest absolute Gasteiger partial charge is 0.261 e. The van der Waals surface area contributed by atoms with Gasteiger partial charge in [0.2, 0.25) is 5.91 Å². The van der Waals surface area contributed by atoms with Crippen LogP contribution >= 0.6 is 11.6 Å². The fourth-order valence-corrected chi connectivity index (χ4v) is 2.76. The number of nitrogens with one attached hydrogen (secondary N) is 1. The van der Waals surface area contributed by atoms with Crippen molar-refractivity contribution in [1.82, 2.24) is 10.2 Å². The van der Waals surface area contributed by atoms with Crippen molar-refractivity contribution in [2.45, 2.75) is 33.4 Å². The Kier molecular flexibility index (Phi) is 7.67. The van der Waals surface area contributed by atoms with Gasteiger partial charge in [-0.25, -0.2) is 0 Å². The summed E-state index contributed by atoms with van der Waals surface area (Å²) in [6.45, 7) is 6.14. The number of hydrogen-bond donors (Lipinski definition) is 1. The van der Waals surface area contributed by atoms with Gasteiger partial charge in [-0.3, -0.25) is 9.59 Å². The van der Waals surface area contributed by atoms with Crippen LogP contribution in [0, 0.1) is 6.92 Å². The number of likely N-dealkylation sites (N-methyl/N-ethyl adjacent to an activating group) is 1. The Bertz CT molecular complexity index is 777. The van der Waals surface area contributed by atoms with Crippen LogP contribution in [-0.2, 0) is 16.1 Å². The minimum absolute atomic E-state index is 0.137. The molecule has 0 radical (unpaired) electrons. The number of amides is 2. The number of halogens is 1. The highest BCUT2D eigenvalue weighted by Crippen LogP contribution is 2.17. The van der Waals surface area contributed by atoms with E-state index in [9.17, 15) is 9.59 Å². The number of ether oxygens (including phenoxy) is 1. The summed E-state index contributed by atoms with van der Waals surface area (Å²) in [5.41, 5.74) is 1.84. The summed E-state index contributed by atoms with van der Waals surface area (Å²) < 4.78 is 5.68. The van der Waals surface area contributed by atoms with E-state index in [1.54, 1.807) is 19.1 Å². The molecule has 0 aliphatic heterocycles. The van der Waals surface area contributed by atoms with Crippen molar-refractivity contribution in [3.63, 3.8) is 0 Å². The van der Waals surface area contributed by atoms with Crippen LogP contribution in [0.3, 0.4) is 0 Å². The fraction of sp³-hybridized carbons (Fsp3) is 0.333. The maximum absolute atomic E-state index is 12.8. The second kappa shape index (κ2) is 9.97. The lowest BCUT2D eigenvalue weighted by atomic mass is 10.1. The van der Waals surface area contributed by atoms with Crippen molar-refractivity contribution in [3.8, 4) is 5.75 Å². The summed E-state index contributed by atoms with van der Waals surface area (Å²) in [6, 6.07) is 14.1. The Morgan fingerprint density at radius 2 is 1.81 bits per heavy atom. The van der Waals surface area contributed by atoms with Gasteiger partial charge in [-0.2, -0.15) is 0 Å². The van der Waals surface area contributed by atoms with Gasteiger partial charge in [0.15, 0.2) is 6.61 Å². The maximum atomic E-state index is 12.8. The Morgan fingerprint density at radius 3 is 2.44 bits per heavy atom. The molecule has 2 rings (SSSR count). The Hall–Kier alpha value is -2.53. The largest absolute Gasteiger partial charge is 0.484 e. The topological polar surface area (TPSA) is 58.6 Å². The summed E-state index contributed by atoms with van der Waals surface area (Å²) in [5, 5.41) is 3.39. The van der Waals surface area contributed by atoms with Crippen molar-refractivity contribution in [1.29, 1.82) is 0 Å². The molecule has 144 valence electrons. The number of carbonyl (C=O) groups is 2. The van der Waals surface area contributed by atoms with Gasteiger partial charge in [0.1, 0.15) is 11.8 Å². The van der Waals surface area contributed by atoms with Crippen LogP contribution in [0.25, 0.3) is 0 Å². The first-order valence-electron chi connectivity index (χ1n) is 8.92. The van der Waals surface area contributed by atoms with Gasteiger partial charge < -0.3 is 15.0 Å². The highest BCUT2D eigenvalue weighted by atomic mass is 35.5. The molecule has 0 aliphatic rings. The number of para-hydroxylation sites is 1. The molecule has 6 heteroatoms. The molecule has 0 saturated heterocycles. The van der Waals surface area contributed by atoms with Crippen LogP contribution < -0.4 is 10.1 Å². The van der Waals surface area contributed by atoms with E-state index in [1.807, 2.05) is 50.2 Å². The first kappa shape index (κ1) is 20.8. The minimum Gasteiger partial charge on any atom is -0.484 e. The predicted molar refractivity (Wildman–Crippen MR) is 107 cm³/mol. The molecular formula is C21H25ClN2O3. The quantitative estimate of drug-likeness (QED) is 0.751. The molecular weight excluding hydrogens is 364 g/mol. The summed E-state index contributed by atoms with van der Waals surface area (Å²) in [6.07, 6.45) is 0. The molecule has 2 aromatic rings. The molecule has 1 unspecified atom stereocenters. The van der Waals surface area contributed by atoms with E-state index in [1.165, 1.54) is 4.90 Å². The molecule has 1 N–H and O–H groups in total. The van der Waals surface area contributed by atoms with Crippen molar-refractivity contribution in [2.75, 3.05) is 13.2 Å². The Morgan fingerprint density at radius 1 is 1.15 bits per heavy atom. The zero-order valence-electron chi connectivity index (χ0n) is 15.9. The summed E-state index contributed by atoms with van der Waals surface area (Å²) in [7, 11) is 0. The molecule has 2 amide bonds. The van der Waals surface area contributed by atoms with Gasteiger partial charge in [0, 0.05) is 18.1 Å². The van der Waals surface area contributed by atoms with Gasteiger partial charge in [-0.05, 0) is 50.1 Å². The Balaban J connectivity index is 2.14. The highest BCUT2D eigenvalue weighted by molar-refractivity contribution is 6.30. The van der Waals surface area contributed by atoms with Gasteiger partial charge in [0.25, 0.3) is 5.91 Å². The molecule has 2 aromatic carbocycles. The van der Waals surface area contributed by atoms with Crippen molar-refractivity contribution in [2.24, 2.45) is 0 Å². The average Bonchev–Trinajstić information content (AvgIpc) is 2.66. The van der Waals surface area contributed by atoms with E-state index in [0.29, 0.717) is 23.9 Å². The average molecular weight is 389 g/mol. The number of aryl methyl sites for hydroxylation is 1. The molecule has 0 bridgehead atoms. The molecule has 0 saturated carbocycles. The Labute approximate surface area is 165 Å². The van der Waals surface area contributed by atoms with Crippen LogP contribution in [0.1, 0.15) is 25.0 Å². The third-order valence-electron chi connectivity index (χ3n) is 4.23. The molecule has 5 nitrogen and oxygen atoms in total.